The van der Waals surface area contributed by atoms with Crippen LogP contribution in [-0.2, 0) is 16.6 Å². The van der Waals surface area contributed by atoms with Gasteiger partial charge in [0.25, 0.3) is 10.0 Å². The summed E-state index contributed by atoms with van der Waals surface area (Å²) in [5.41, 5.74) is 0.754. The van der Waals surface area contributed by atoms with E-state index in [4.69, 9.17) is 0 Å². The Morgan fingerprint density at radius 3 is 2.71 bits per heavy atom. The first kappa shape index (κ1) is 15.9. The molecule has 2 N–H and O–H groups in total. The number of rotatable bonds is 6. The minimum Gasteiger partial charge on any atom is -0.310 e. The highest BCUT2D eigenvalue weighted by Gasteiger charge is 2.23. The molecule has 114 valence electrons. The van der Waals surface area contributed by atoms with Crippen LogP contribution in [-0.4, -0.2) is 19.4 Å². The Kier molecular flexibility index (Phi) is 4.97. The second kappa shape index (κ2) is 6.55. The minimum atomic E-state index is -3.62. The van der Waals surface area contributed by atoms with Gasteiger partial charge in [0.15, 0.2) is 0 Å². The van der Waals surface area contributed by atoms with Crippen LogP contribution in [0.2, 0.25) is 0 Å². The standard InChI is InChI=1S/C14H19N3O2S2/c1-10(2)16-8-12-14(11(3)9-20-12)21(18,19)17-13-6-4-5-7-15-13/h4-7,9-10,16H,8H2,1-3H3,(H,15,17). The molecule has 0 aliphatic heterocycles. The Bertz CT molecular complexity index is 694. The third kappa shape index (κ3) is 4.03. The summed E-state index contributed by atoms with van der Waals surface area (Å²) in [5, 5.41) is 5.12. The molecule has 2 aromatic heterocycles. The van der Waals surface area contributed by atoms with E-state index in [2.05, 4.69) is 15.0 Å². The van der Waals surface area contributed by atoms with Crippen LogP contribution in [0.4, 0.5) is 5.82 Å². The van der Waals surface area contributed by atoms with Gasteiger partial charge in [-0.3, -0.25) is 4.72 Å². The van der Waals surface area contributed by atoms with Crippen LogP contribution in [0.3, 0.4) is 0 Å². The number of hydrogen-bond acceptors (Lipinski definition) is 5. The Morgan fingerprint density at radius 2 is 2.10 bits per heavy atom. The third-order valence-electron chi connectivity index (χ3n) is 2.83. The van der Waals surface area contributed by atoms with E-state index in [1.165, 1.54) is 11.3 Å². The average Bonchev–Trinajstić information content (AvgIpc) is 2.79. The highest BCUT2D eigenvalue weighted by Crippen LogP contribution is 2.28. The second-order valence-electron chi connectivity index (χ2n) is 5.03. The van der Waals surface area contributed by atoms with E-state index in [0.717, 1.165) is 10.4 Å². The quantitative estimate of drug-likeness (QED) is 0.857. The fourth-order valence-corrected chi connectivity index (χ4v) is 4.65. The lowest BCUT2D eigenvalue weighted by molar-refractivity contribution is 0.581. The van der Waals surface area contributed by atoms with Gasteiger partial charge in [0.1, 0.15) is 10.7 Å². The van der Waals surface area contributed by atoms with Gasteiger partial charge < -0.3 is 5.32 Å². The van der Waals surface area contributed by atoms with Crippen molar-refractivity contribution in [2.24, 2.45) is 0 Å². The number of hydrogen-bond donors (Lipinski definition) is 2. The number of anilines is 1. The summed E-state index contributed by atoms with van der Waals surface area (Å²) in [6.45, 7) is 6.40. The largest absolute Gasteiger partial charge is 0.310 e. The smallest absolute Gasteiger partial charge is 0.264 e. The van der Waals surface area contributed by atoms with Crippen LogP contribution in [0.5, 0.6) is 0 Å². The fraction of sp³-hybridized carbons (Fsp3) is 0.357. The Balaban J connectivity index is 2.29. The molecule has 2 heterocycles. The summed E-state index contributed by atoms with van der Waals surface area (Å²) in [6, 6.07) is 5.41. The van der Waals surface area contributed by atoms with Gasteiger partial charge in [0.05, 0.1) is 0 Å². The van der Waals surface area contributed by atoms with E-state index in [0.29, 0.717) is 23.3 Å². The highest BCUT2D eigenvalue weighted by molar-refractivity contribution is 7.93. The van der Waals surface area contributed by atoms with Gasteiger partial charge in [-0.05, 0) is 30.0 Å². The lowest BCUT2D eigenvalue weighted by atomic mass is 10.3. The maximum absolute atomic E-state index is 12.6. The molecular weight excluding hydrogens is 306 g/mol. The number of aromatic nitrogens is 1. The van der Waals surface area contributed by atoms with Gasteiger partial charge >= 0.3 is 0 Å². The highest BCUT2D eigenvalue weighted by atomic mass is 32.2. The van der Waals surface area contributed by atoms with Gasteiger partial charge in [-0.15, -0.1) is 11.3 Å². The molecule has 0 fully saturated rings. The predicted molar refractivity (Wildman–Crippen MR) is 86.1 cm³/mol. The van der Waals surface area contributed by atoms with E-state index in [-0.39, 0.29) is 0 Å². The van der Waals surface area contributed by atoms with Gasteiger partial charge in [0.2, 0.25) is 0 Å². The van der Waals surface area contributed by atoms with E-state index >= 15 is 0 Å². The molecule has 0 unspecified atom stereocenters. The van der Waals surface area contributed by atoms with E-state index < -0.39 is 10.0 Å². The zero-order valence-electron chi connectivity index (χ0n) is 12.3. The van der Waals surface area contributed by atoms with Crippen molar-refractivity contribution in [1.29, 1.82) is 0 Å². The molecule has 0 bridgehead atoms. The molecule has 2 rings (SSSR count). The number of aryl methyl sites for hydroxylation is 1. The molecule has 0 atom stereocenters. The summed E-state index contributed by atoms with van der Waals surface area (Å²) in [4.78, 5) is 5.17. The monoisotopic (exact) mass is 325 g/mol. The van der Waals surface area contributed by atoms with Crippen molar-refractivity contribution in [3.05, 3.63) is 40.2 Å². The average molecular weight is 325 g/mol. The number of sulfonamides is 1. The first-order valence-corrected chi connectivity index (χ1v) is 9.00. The molecule has 0 spiro atoms. The molecule has 0 aliphatic rings. The molecule has 0 saturated heterocycles. The topological polar surface area (TPSA) is 71.1 Å². The van der Waals surface area contributed by atoms with Crippen molar-refractivity contribution in [3.8, 4) is 0 Å². The summed E-state index contributed by atoms with van der Waals surface area (Å²) >= 11 is 1.45. The molecule has 0 aliphatic carbocycles. The van der Waals surface area contributed by atoms with Gasteiger partial charge in [-0.25, -0.2) is 13.4 Å². The lowest BCUT2D eigenvalue weighted by Gasteiger charge is -2.11. The van der Waals surface area contributed by atoms with Crippen molar-refractivity contribution in [2.45, 2.75) is 38.3 Å². The maximum atomic E-state index is 12.6. The molecule has 0 saturated carbocycles. The van der Waals surface area contributed by atoms with Crippen molar-refractivity contribution >= 4 is 27.2 Å². The zero-order valence-corrected chi connectivity index (χ0v) is 13.9. The van der Waals surface area contributed by atoms with Crippen LogP contribution in [0.1, 0.15) is 24.3 Å². The molecule has 2 aromatic rings. The molecule has 5 nitrogen and oxygen atoms in total. The van der Waals surface area contributed by atoms with Gasteiger partial charge in [0, 0.05) is 23.7 Å². The summed E-state index contributed by atoms with van der Waals surface area (Å²) in [6.07, 6.45) is 1.56. The molecule has 21 heavy (non-hydrogen) atoms. The van der Waals surface area contributed by atoms with Crippen LogP contribution in [0.15, 0.2) is 34.7 Å². The normalized spacial score (nSPS) is 11.8. The van der Waals surface area contributed by atoms with Crippen molar-refractivity contribution in [2.75, 3.05) is 4.72 Å². The Hall–Kier alpha value is -1.44. The van der Waals surface area contributed by atoms with Crippen LogP contribution >= 0.6 is 11.3 Å². The molecule has 0 amide bonds. The SMILES string of the molecule is Cc1csc(CNC(C)C)c1S(=O)(=O)Nc1ccccn1. The zero-order chi connectivity index (χ0) is 15.5. The number of thiophene rings is 1. The van der Waals surface area contributed by atoms with Crippen molar-refractivity contribution in [3.63, 3.8) is 0 Å². The summed E-state index contributed by atoms with van der Waals surface area (Å²) in [5.74, 6) is 0.325. The van der Waals surface area contributed by atoms with Crippen molar-refractivity contribution in [1.82, 2.24) is 10.3 Å². The summed E-state index contributed by atoms with van der Waals surface area (Å²) < 4.78 is 27.7. The van der Waals surface area contributed by atoms with E-state index in [9.17, 15) is 8.42 Å². The number of nitrogens with zero attached hydrogens (tertiary/aromatic N) is 1. The first-order chi connectivity index (χ1) is 9.90. The Labute approximate surface area is 129 Å². The summed E-state index contributed by atoms with van der Waals surface area (Å²) in [7, 11) is -3.62. The number of nitrogens with one attached hydrogen (secondary N) is 2. The third-order valence-corrected chi connectivity index (χ3v) is 5.65. The molecule has 0 aromatic carbocycles. The lowest BCUT2D eigenvalue weighted by Crippen LogP contribution is -2.23. The minimum absolute atomic E-state index is 0.298. The molecular formula is C14H19N3O2S2. The molecule has 7 heteroatoms. The first-order valence-electron chi connectivity index (χ1n) is 6.64. The predicted octanol–water partition coefficient (Wildman–Crippen LogP) is 2.75. The fourth-order valence-electron chi connectivity index (χ4n) is 1.88. The van der Waals surface area contributed by atoms with Crippen LogP contribution < -0.4 is 10.0 Å². The van der Waals surface area contributed by atoms with Gasteiger partial charge in [-0.1, -0.05) is 19.9 Å². The van der Waals surface area contributed by atoms with Crippen LogP contribution in [0.25, 0.3) is 0 Å². The van der Waals surface area contributed by atoms with Crippen molar-refractivity contribution < 1.29 is 8.42 Å². The van der Waals surface area contributed by atoms with Crippen LogP contribution in [0, 0.1) is 6.92 Å². The van der Waals surface area contributed by atoms with Gasteiger partial charge in [-0.2, -0.15) is 0 Å². The number of pyridine rings is 1. The Morgan fingerprint density at radius 1 is 1.33 bits per heavy atom. The maximum Gasteiger partial charge on any atom is 0.264 e. The second-order valence-corrected chi connectivity index (χ2v) is 7.61. The van der Waals surface area contributed by atoms with E-state index in [1.807, 2.05) is 26.2 Å². The molecule has 0 radical (unpaired) electrons. The van der Waals surface area contributed by atoms with E-state index in [1.54, 1.807) is 24.4 Å².